The summed E-state index contributed by atoms with van der Waals surface area (Å²) in [5, 5.41) is 9.44. The van der Waals surface area contributed by atoms with Crippen molar-refractivity contribution in [3.05, 3.63) is 52.9 Å². The molecule has 1 atom stereocenters. The molecule has 1 saturated heterocycles. The Balaban J connectivity index is 1.86. The fourth-order valence-electron chi connectivity index (χ4n) is 2.74. The van der Waals surface area contributed by atoms with Crippen LogP contribution in [0.3, 0.4) is 0 Å². The maximum absolute atomic E-state index is 13.0. The molecule has 3 rings (SSSR count). The highest BCUT2D eigenvalue weighted by Crippen LogP contribution is 2.36. The molecule has 1 aliphatic rings. The number of halogens is 1. The molecule has 2 aromatic rings. The normalized spacial score (nSPS) is 17.2. The molecule has 8 heteroatoms. The van der Waals surface area contributed by atoms with Crippen molar-refractivity contribution < 1.29 is 23.5 Å². The molecule has 0 bridgehead atoms. The summed E-state index contributed by atoms with van der Waals surface area (Å²) in [6, 6.07) is 8.24. The number of carbonyl (C=O) groups excluding carboxylic acids is 1. The number of hydrogen-bond donors (Lipinski definition) is 1. The van der Waals surface area contributed by atoms with Gasteiger partial charge < -0.3 is 9.52 Å². The van der Waals surface area contributed by atoms with E-state index >= 15 is 0 Å². The summed E-state index contributed by atoms with van der Waals surface area (Å²) >= 11 is 6.26. The second-order valence-corrected chi connectivity index (χ2v) is 7.96. The van der Waals surface area contributed by atoms with E-state index in [0.717, 1.165) is 16.7 Å². The molecule has 1 fully saturated rings. The van der Waals surface area contributed by atoms with Crippen molar-refractivity contribution in [1.29, 1.82) is 0 Å². The van der Waals surface area contributed by atoms with Crippen molar-refractivity contribution in [3.8, 4) is 11.3 Å². The summed E-state index contributed by atoms with van der Waals surface area (Å²) in [4.78, 5) is 25.7. The predicted octanol–water partition coefficient (Wildman–Crippen LogP) is 4.40. The second kappa shape index (κ2) is 7.66. The standard InChI is InChI=1S/C19H16FNO4S2/c1-10(2)16(18(23)24)21-17(22)15(27-19(21)26)9-13-7-8-14(25-13)11-3-5-12(20)6-4-11/h3-10,16H,1-2H3,(H,23,24)/b15-9+. The molecule has 0 radical (unpaired) electrons. The Morgan fingerprint density at radius 1 is 1.26 bits per heavy atom. The van der Waals surface area contributed by atoms with Gasteiger partial charge in [0.25, 0.3) is 5.91 Å². The number of furan rings is 1. The Labute approximate surface area is 164 Å². The van der Waals surface area contributed by atoms with E-state index in [1.165, 1.54) is 18.2 Å². The van der Waals surface area contributed by atoms with Gasteiger partial charge in [-0.05, 0) is 42.3 Å². The monoisotopic (exact) mass is 405 g/mol. The minimum Gasteiger partial charge on any atom is -0.480 e. The van der Waals surface area contributed by atoms with Crippen LogP contribution in [0, 0.1) is 11.7 Å². The highest BCUT2D eigenvalue weighted by atomic mass is 32.2. The summed E-state index contributed by atoms with van der Waals surface area (Å²) in [6.07, 6.45) is 1.53. The zero-order valence-corrected chi connectivity index (χ0v) is 16.1. The van der Waals surface area contributed by atoms with E-state index in [2.05, 4.69) is 0 Å². The first-order valence-corrected chi connectivity index (χ1v) is 9.36. The first-order valence-electron chi connectivity index (χ1n) is 8.13. The number of carbonyl (C=O) groups is 2. The molecule has 0 aliphatic carbocycles. The number of benzene rings is 1. The van der Waals surface area contributed by atoms with Crippen LogP contribution in [0.25, 0.3) is 17.4 Å². The van der Waals surface area contributed by atoms with E-state index in [1.807, 2.05) is 0 Å². The molecular formula is C19H16FNO4S2. The Morgan fingerprint density at radius 3 is 2.52 bits per heavy atom. The summed E-state index contributed by atoms with van der Waals surface area (Å²) in [7, 11) is 0. The molecule has 1 unspecified atom stereocenters. The van der Waals surface area contributed by atoms with Crippen LogP contribution < -0.4 is 0 Å². The summed E-state index contributed by atoms with van der Waals surface area (Å²) < 4.78 is 18.9. The Bertz CT molecular complexity index is 933. The highest BCUT2D eigenvalue weighted by molar-refractivity contribution is 8.26. The van der Waals surface area contributed by atoms with Crippen LogP contribution in [0.5, 0.6) is 0 Å². The molecule has 5 nitrogen and oxygen atoms in total. The molecule has 140 valence electrons. The third-order valence-corrected chi connectivity index (χ3v) is 5.35. The second-order valence-electron chi connectivity index (χ2n) is 6.29. The number of nitrogens with zero attached hydrogens (tertiary/aromatic N) is 1. The van der Waals surface area contributed by atoms with Gasteiger partial charge in [-0.1, -0.05) is 37.8 Å². The average Bonchev–Trinajstić information content (AvgIpc) is 3.16. The largest absolute Gasteiger partial charge is 0.480 e. The molecule has 27 heavy (non-hydrogen) atoms. The zero-order valence-electron chi connectivity index (χ0n) is 14.5. The third kappa shape index (κ3) is 3.96. The number of thioether (sulfide) groups is 1. The van der Waals surface area contributed by atoms with Gasteiger partial charge >= 0.3 is 5.97 Å². The number of carboxylic acid groups (broad SMARTS) is 1. The van der Waals surface area contributed by atoms with E-state index in [1.54, 1.807) is 38.1 Å². The van der Waals surface area contributed by atoms with Gasteiger partial charge in [0, 0.05) is 11.6 Å². The Morgan fingerprint density at radius 2 is 1.93 bits per heavy atom. The van der Waals surface area contributed by atoms with Crippen LogP contribution in [-0.4, -0.2) is 32.2 Å². The number of hydrogen-bond acceptors (Lipinski definition) is 5. The van der Waals surface area contributed by atoms with Crippen LogP contribution in [0.15, 0.2) is 45.7 Å². The minimum absolute atomic E-state index is 0.206. The van der Waals surface area contributed by atoms with Crippen molar-refractivity contribution in [1.82, 2.24) is 4.90 Å². The topological polar surface area (TPSA) is 70.8 Å². The fourth-order valence-corrected chi connectivity index (χ4v) is 4.05. The van der Waals surface area contributed by atoms with E-state index in [0.29, 0.717) is 22.0 Å². The van der Waals surface area contributed by atoms with Crippen LogP contribution in [-0.2, 0) is 9.59 Å². The lowest BCUT2D eigenvalue weighted by atomic mass is 10.0. The maximum Gasteiger partial charge on any atom is 0.327 e. The minimum atomic E-state index is -1.10. The number of amides is 1. The molecule has 0 saturated carbocycles. The number of aliphatic carboxylic acids is 1. The Kier molecular flexibility index (Phi) is 5.48. The quantitative estimate of drug-likeness (QED) is 0.587. The lowest BCUT2D eigenvalue weighted by Gasteiger charge is -2.26. The van der Waals surface area contributed by atoms with Gasteiger partial charge in [0.1, 0.15) is 27.7 Å². The fraction of sp³-hybridized carbons (Fsp3) is 0.211. The Hall–Kier alpha value is -2.45. The maximum atomic E-state index is 13.0. The van der Waals surface area contributed by atoms with Gasteiger partial charge in [0.15, 0.2) is 0 Å². The van der Waals surface area contributed by atoms with Gasteiger partial charge in [-0.15, -0.1) is 0 Å². The van der Waals surface area contributed by atoms with Crippen molar-refractivity contribution >= 4 is 46.3 Å². The van der Waals surface area contributed by atoms with Crippen LogP contribution in [0.1, 0.15) is 19.6 Å². The molecule has 1 aromatic carbocycles. The zero-order chi connectivity index (χ0) is 19.7. The summed E-state index contributed by atoms with van der Waals surface area (Å²) in [5.41, 5.74) is 0.703. The van der Waals surface area contributed by atoms with Crippen LogP contribution >= 0.6 is 24.0 Å². The van der Waals surface area contributed by atoms with Gasteiger partial charge in [-0.2, -0.15) is 0 Å². The van der Waals surface area contributed by atoms with Crippen molar-refractivity contribution in [3.63, 3.8) is 0 Å². The molecule has 1 amide bonds. The number of rotatable bonds is 5. The van der Waals surface area contributed by atoms with E-state index < -0.39 is 17.9 Å². The number of carboxylic acids is 1. The van der Waals surface area contributed by atoms with E-state index in [9.17, 15) is 19.1 Å². The molecular weight excluding hydrogens is 389 g/mol. The lowest BCUT2D eigenvalue weighted by Crippen LogP contribution is -2.47. The third-order valence-electron chi connectivity index (χ3n) is 4.02. The summed E-state index contributed by atoms with van der Waals surface area (Å²) in [5.74, 6) is -1.23. The SMILES string of the molecule is CC(C)C(C(=O)O)N1C(=O)/C(=C\c2ccc(-c3ccc(F)cc3)o2)SC1=S. The number of thiocarbonyl (C=S) groups is 1. The van der Waals surface area contributed by atoms with E-state index in [-0.39, 0.29) is 16.1 Å². The van der Waals surface area contributed by atoms with Crippen molar-refractivity contribution in [2.45, 2.75) is 19.9 Å². The van der Waals surface area contributed by atoms with Gasteiger partial charge in [0.05, 0.1) is 4.91 Å². The molecule has 1 aliphatic heterocycles. The first kappa shape index (κ1) is 19.3. The van der Waals surface area contributed by atoms with Crippen molar-refractivity contribution in [2.24, 2.45) is 5.92 Å². The highest BCUT2D eigenvalue weighted by Gasteiger charge is 2.42. The summed E-state index contributed by atoms with van der Waals surface area (Å²) in [6.45, 7) is 3.45. The lowest BCUT2D eigenvalue weighted by molar-refractivity contribution is -0.146. The molecule has 1 aromatic heterocycles. The van der Waals surface area contributed by atoms with Crippen LogP contribution in [0.4, 0.5) is 4.39 Å². The molecule has 0 spiro atoms. The average molecular weight is 405 g/mol. The molecule has 2 heterocycles. The predicted molar refractivity (Wildman–Crippen MR) is 105 cm³/mol. The van der Waals surface area contributed by atoms with E-state index in [4.69, 9.17) is 16.6 Å². The van der Waals surface area contributed by atoms with Crippen molar-refractivity contribution in [2.75, 3.05) is 0 Å². The van der Waals surface area contributed by atoms with Gasteiger partial charge in [-0.25, -0.2) is 9.18 Å². The van der Waals surface area contributed by atoms with Gasteiger partial charge in [0.2, 0.25) is 0 Å². The smallest absolute Gasteiger partial charge is 0.327 e. The first-order chi connectivity index (χ1) is 12.8. The van der Waals surface area contributed by atoms with Crippen LogP contribution in [0.2, 0.25) is 0 Å². The van der Waals surface area contributed by atoms with Gasteiger partial charge in [-0.3, -0.25) is 9.69 Å². The molecule has 1 N–H and O–H groups in total.